The molecule has 3 nitrogen and oxygen atoms in total. The highest BCUT2D eigenvalue weighted by atomic mass is 16.5. The SMILES string of the molecule is COCCN1CC(C2CC2)NCC1C1CC1. The highest BCUT2D eigenvalue weighted by Crippen LogP contribution is 2.39. The molecule has 0 amide bonds. The van der Waals surface area contributed by atoms with Gasteiger partial charge in [0.05, 0.1) is 6.61 Å². The Bertz CT molecular complexity index is 238. The third-order valence-corrected chi connectivity index (χ3v) is 4.43. The number of hydrogen-bond donors (Lipinski definition) is 1. The largest absolute Gasteiger partial charge is 0.383 e. The van der Waals surface area contributed by atoms with E-state index in [1.807, 2.05) is 7.11 Å². The summed E-state index contributed by atoms with van der Waals surface area (Å²) in [6.45, 7) is 4.49. The minimum atomic E-state index is 0.770. The molecule has 1 N–H and O–H groups in total. The van der Waals surface area contributed by atoms with Crippen molar-refractivity contribution in [1.82, 2.24) is 10.2 Å². The number of nitrogens with one attached hydrogen (secondary N) is 1. The topological polar surface area (TPSA) is 24.5 Å². The summed E-state index contributed by atoms with van der Waals surface area (Å²) in [5.74, 6) is 1.95. The van der Waals surface area contributed by atoms with Gasteiger partial charge >= 0.3 is 0 Å². The van der Waals surface area contributed by atoms with Crippen LogP contribution in [-0.4, -0.2) is 50.3 Å². The summed E-state index contributed by atoms with van der Waals surface area (Å²) in [6.07, 6.45) is 5.79. The van der Waals surface area contributed by atoms with Gasteiger partial charge in [-0.05, 0) is 37.5 Å². The minimum absolute atomic E-state index is 0.770. The van der Waals surface area contributed by atoms with E-state index in [1.165, 1.54) is 38.8 Å². The summed E-state index contributed by atoms with van der Waals surface area (Å²) in [6, 6.07) is 1.57. The van der Waals surface area contributed by atoms with E-state index in [9.17, 15) is 0 Å². The number of piperazine rings is 1. The Morgan fingerprint density at radius 1 is 1.19 bits per heavy atom. The lowest BCUT2D eigenvalue weighted by Gasteiger charge is -2.41. The molecule has 0 bridgehead atoms. The third-order valence-electron chi connectivity index (χ3n) is 4.43. The van der Waals surface area contributed by atoms with Crippen molar-refractivity contribution >= 4 is 0 Å². The van der Waals surface area contributed by atoms with Crippen molar-refractivity contribution in [2.45, 2.75) is 37.8 Å². The van der Waals surface area contributed by atoms with Gasteiger partial charge in [-0.1, -0.05) is 0 Å². The van der Waals surface area contributed by atoms with Gasteiger partial charge in [0.2, 0.25) is 0 Å². The van der Waals surface area contributed by atoms with Crippen LogP contribution < -0.4 is 5.32 Å². The maximum Gasteiger partial charge on any atom is 0.0589 e. The molecule has 1 saturated heterocycles. The van der Waals surface area contributed by atoms with E-state index in [0.717, 1.165) is 37.1 Å². The summed E-state index contributed by atoms with van der Waals surface area (Å²) in [4.78, 5) is 2.70. The van der Waals surface area contributed by atoms with Crippen LogP contribution in [0.1, 0.15) is 25.7 Å². The number of ether oxygens (including phenoxy) is 1. The first-order valence-electron chi connectivity index (χ1n) is 6.85. The molecule has 0 aromatic rings. The molecule has 92 valence electrons. The van der Waals surface area contributed by atoms with Crippen LogP contribution >= 0.6 is 0 Å². The van der Waals surface area contributed by atoms with E-state index in [-0.39, 0.29) is 0 Å². The molecule has 2 atom stereocenters. The maximum absolute atomic E-state index is 5.24. The monoisotopic (exact) mass is 224 g/mol. The van der Waals surface area contributed by atoms with E-state index in [4.69, 9.17) is 4.74 Å². The van der Waals surface area contributed by atoms with Gasteiger partial charge < -0.3 is 10.1 Å². The molecule has 1 aliphatic heterocycles. The molecule has 3 aliphatic rings. The second kappa shape index (κ2) is 4.63. The average Bonchev–Trinajstić information content (AvgIpc) is 3.19. The molecule has 1 heterocycles. The second-order valence-electron chi connectivity index (χ2n) is 5.74. The van der Waals surface area contributed by atoms with E-state index < -0.39 is 0 Å². The number of methoxy groups -OCH3 is 1. The lowest BCUT2D eigenvalue weighted by atomic mass is 10.0. The Kier molecular flexibility index (Phi) is 3.18. The van der Waals surface area contributed by atoms with Crippen molar-refractivity contribution < 1.29 is 4.74 Å². The smallest absolute Gasteiger partial charge is 0.0589 e. The molecule has 3 rings (SSSR count). The van der Waals surface area contributed by atoms with Gasteiger partial charge in [-0.25, -0.2) is 0 Å². The van der Waals surface area contributed by atoms with E-state index in [1.54, 1.807) is 0 Å². The third kappa shape index (κ3) is 2.41. The average molecular weight is 224 g/mol. The first-order chi connectivity index (χ1) is 7.88. The molecule has 3 heteroatoms. The van der Waals surface area contributed by atoms with Crippen molar-refractivity contribution in [3.8, 4) is 0 Å². The zero-order valence-electron chi connectivity index (χ0n) is 10.3. The Morgan fingerprint density at radius 2 is 1.94 bits per heavy atom. The zero-order chi connectivity index (χ0) is 11.0. The van der Waals surface area contributed by atoms with Crippen molar-refractivity contribution in [3.05, 3.63) is 0 Å². The lowest BCUT2D eigenvalue weighted by Crippen LogP contribution is -2.58. The molecule has 3 fully saturated rings. The van der Waals surface area contributed by atoms with E-state index >= 15 is 0 Å². The molecule has 0 aromatic carbocycles. The minimum Gasteiger partial charge on any atom is -0.383 e. The highest BCUT2D eigenvalue weighted by molar-refractivity contribution is 4.98. The number of rotatable bonds is 5. The Labute approximate surface area is 98.5 Å². The molecule has 16 heavy (non-hydrogen) atoms. The van der Waals surface area contributed by atoms with Gasteiger partial charge in [-0.2, -0.15) is 0 Å². The van der Waals surface area contributed by atoms with Crippen LogP contribution in [0.15, 0.2) is 0 Å². The Hall–Kier alpha value is -0.120. The van der Waals surface area contributed by atoms with Gasteiger partial charge in [0.15, 0.2) is 0 Å². The number of hydrogen-bond acceptors (Lipinski definition) is 3. The fraction of sp³-hybridized carbons (Fsp3) is 1.00. The highest BCUT2D eigenvalue weighted by Gasteiger charge is 2.42. The normalized spacial score (nSPS) is 36.6. The summed E-state index contributed by atoms with van der Waals surface area (Å²) in [7, 11) is 1.81. The summed E-state index contributed by atoms with van der Waals surface area (Å²) in [5.41, 5.74) is 0. The van der Waals surface area contributed by atoms with Gasteiger partial charge in [-0.3, -0.25) is 4.90 Å². The van der Waals surface area contributed by atoms with Crippen LogP contribution in [-0.2, 0) is 4.74 Å². The lowest BCUT2D eigenvalue weighted by molar-refractivity contribution is 0.0726. The van der Waals surface area contributed by atoms with Gasteiger partial charge in [0.25, 0.3) is 0 Å². The predicted octanol–water partition coefficient (Wildman–Crippen LogP) is 1.10. The molecule has 0 radical (unpaired) electrons. The Morgan fingerprint density at radius 3 is 2.56 bits per heavy atom. The summed E-state index contributed by atoms with van der Waals surface area (Å²) in [5, 5.41) is 3.78. The molecule has 2 unspecified atom stereocenters. The van der Waals surface area contributed by atoms with Crippen molar-refractivity contribution in [1.29, 1.82) is 0 Å². The summed E-state index contributed by atoms with van der Waals surface area (Å²) >= 11 is 0. The molecule has 2 aliphatic carbocycles. The van der Waals surface area contributed by atoms with Gasteiger partial charge in [0.1, 0.15) is 0 Å². The Balaban J connectivity index is 1.57. The first-order valence-corrected chi connectivity index (χ1v) is 6.85. The van der Waals surface area contributed by atoms with E-state index in [2.05, 4.69) is 10.2 Å². The molecule has 0 aromatic heterocycles. The van der Waals surface area contributed by atoms with Gasteiger partial charge in [0, 0.05) is 38.8 Å². The summed E-state index contributed by atoms with van der Waals surface area (Å²) < 4.78 is 5.24. The van der Waals surface area contributed by atoms with Crippen LogP contribution in [0, 0.1) is 11.8 Å². The quantitative estimate of drug-likeness (QED) is 0.757. The van der Waals surface area contributed by atoms with Crippen LogP contribution in [0.4, 0.5) is 0 Å². The predicted molar refractivity (Wildman–Crippen MR) is 64.5 cm³/mol. The molecule has 0 spiro atoms. The van der Waals surface area contributed by atoms with Crippen LogP contribution in [0.25, 0.3) is 0 Å². The van der Waals surface area contributed by atoms with Crippen LogP contribution in [0.5, 0.6) is 0 Å². The van der Waals surface area contributed by atoms with Crippen LogP contribution in [0.2, 0.25) is 0 Å². The second-order valence-corrected chi connectivity index (χ2v) is 5.74. The zero-order valence-corrected chi connectivity index (χ0v) is 10.3. The van der Waals surface area contributed by atoms with Crippen LogP contribution in [0.3, 0.4) is 0 Å². The first kappa shape index (κ1) is 11.0. The molecular formula is C13H24N2O. The molecular weight excluding hydrogens is 200 g/mol. The fourth-order valence-corrected chi connectivity index (χ4v) is 3.08. The molecule has 2 saturated carbocycles. The van der Waals surface area contributed by atoms with Crippen molar-refractivity contribution in [2.75, 3.05) is 33.4 Å². The van der Waals surface area contributed by atoms with E-state index in [0.29, 0.717) is 0 Å². The van der Waals surface area contributed by atoms with Gasteiger partial charge in [-0.15, -0.1) is 0 Å². The fourth-order valence-electron chi connectivity index (χ4n) is 3.08. The van der Waals surface area contributed by atoms with Crippen molar-refractivity contribution in [3.63, 3.8) is 0 Å². The van der Waals surface area contributed by atoms with Crippen molar-refractivity contribution in [2.24, 2.45) is 11.8 Å². The number of nitrogens with zero attached hydrogens (tertiary/aromatic N) is 1. The standard InChI is InChI=1S/C13H24N2O/c1-16-7-6-15-9-12(10-2-3-10)14-8-13(15)11-4-5-11/h10-14H,2-9H2,1H3. The maximum atomic E-state index is 5.24.